The second kappa shape index (κ2) is 8.33. The molecule has 1 saturated heterocycles. The predicted octanol–water partition coefficient (Wildman–Crippen LogP) is 2.86. The van der Waals surface area contributed by atoms with Crippen LogP contribution in [0.25, 0.3) is 11.3 Å². The minimum Gasteiger partial charge on any atom is -0.354 e. The zero-order valence-electron chi connectivity index (χ0n) is 16.6. The second-order valence-corrected chi connectivity index (χ2v) is 9.04. The Morgan fingerprint density at radius 1 is 0.900 bits per heavy atom. The molecule has 2 aromatic carbocycles. The number of ketones is 1. The number of piperazine rings is 1. The zero-order valence-corrected chi connectivity index (χ0v) is 17.4. The van der Waals surface area contributed by atoms with Crippen molar-refractivity contribution in [2.24, 2.45) is 0 Å². The molecule has 3 aromatic rings. The number of carbonyl (C=O) groups excluding carboxylic acids is 1. The predicted molar refractivity (Wildman–Crippen MR) is 115 cm³/mol. The van der Waals surface area contributed by atoms with Gasteiger partial charge in [0.2, 0.25) is 10.0 Å². The summed E-state index contributed by atoms with van der Waals surface area (Å²) in [6, 6.07) is 18.0. The van der Waals surface area contributed by atoms with E-state index in [4.69, 9.17) is 0 Å². The van der Waals surface area contributed by atoms with Crippen LogP contribution >= 0.6 is 0 Å². The first-order chi connectivity index (χ1) is 14.4. The number of hydrogen-bond donors (Lipinski definition) is 0. The normalized spacial score (nSPS) is 15.2. The Hall–Kier alpha value is -3.10. The summed E-state index contributed by atoms with van der Waals surface area (Å²) in [6.45, 7) is 3.16. The highest BCUT2D eigenvalue weighted by Crippen LogP contribution is 2.23. The number of nitrogens with zero attached hydrogens (tertiary/aromatic N) is 4. The Balaban J connectivity index is 1.49. The van der Waals surface area contributed by atoms with E-state index in [1.165, 1.54) is 29.7 Å². The van der Waals surface area contributed by atoms with Gasteiger partial charge in [-0.3, -0.25) is 4.79 Å². The summed E-state index contributed by atoms with van der Waals surface area (Å²) in [5.74, 6) is 0.620. The third kappa shape index (κ3) is 4.10. The molecule has 4 rings (SSSR count). The van der Waals surface area contributed by atoms with E-state index in [1.807, 2.05) is 36.4 Å². The lowest BCUT2D eigenvalue weighted by atomic mass is 10.1. The molecule has 0 unspecified atom stereocenters. The number of carbonyl (C=O) groups is 1. The van der Waals surface area contributed by atoms with E-state index in [-0.39, 0.29) is 10.7 Å². The summed E-state index contributed by atoms with van der Waals surface area (Å²) in [5.41, 5.74) is 2.23. The molecular formula is C22H22N4O3S. The third-order valence-corrected chi connectivity index (χ3v) is 7.06. The van der Waals surface area contributed by atoms with Gasteiger partial charge < -0.3 is 4.90 Å². The maximum Gasteiger partial charge on any atom is 0.243 e. The van der Waals surface area contributed by atoms with Gasteiger partial charge in [0.05, 0.1) is 10.6 Å². The highest BCUT2D eigenvalue weighted by molar-refractivity contribution is 7.89. The van der Waals surface area contributed by atoms with Crippen molar-refractivity contribution < 1.29 is 13.2 Å². The van der Waals surface area contributed by atoms with E-state index in [2.05, 4.69) is 14.9 Å². The van der Waals surface area contributed by atoms with E-state index in [0.717, 1.165) is 17.1 Å². The van der Waals surface area contributed by atoms with Gasteiger partial charge in [0.25, 0.3) is 0 Å². The van der Waals surface area contributed by atoms with Gasteiger partial charge in [-0.2, -0.15) is 4.31 Å². The van der Waals surface area contributed by atoms with E-state index in [9.17, 15) is 13.2 Å². The minimum atomic E-state index is -3.65. The lowest BCUT2D eigenvalue weighted by Crippen LogP contribution is -2.49. The first-order valence-corrected chi connectivity index (χ1v) is 11.1. The van der Waals surface area contributed by atoms with Crippen LogP contribution in [0.4, 0.5) is 5.82 Å². The van der Waals surface area contributed by atoms with Gasteiger partial charge in [-0.25, -0.2) is 18.4 Å². The Morgan fingerprint density at radius 2 is 1.63 bits per heavy atom. The molecule has 0 bridgehead atoms. The van der Waals surface area contributed by atoms with Crippen molar-refractivity contribution in [2.75, 3.05) is 31.1 Å². The standard InChI is InChI=1S/C22H22N4O3S/c1-17(27)19-8-5-9-20(14-19)30(28,29)26-12-10-25(11-13-26)22-15-21(23-16-24-22)18-6-3-2-4-7-18/h2-9,14-16H,10-13H2,1H3. The van der Waals surface area contributed by atoms with Crippen LogP contribution in [-0.2, 0) is 10.0 Å². The average molecular weight is 423 g/mol. The van der Waals surface area contributed by atoms with Crippen LogP contribution in [-0.4, -0.2) is 54.7 Å². The number of Topliss-reactive ketones (excluding diaryl/α,β-unsaturated/α-hetero) is 1. The molecule has 0 amide bonds. The maximum absolute atomic E-state index is 13.0. The first-order valence-electron chi connectivity index (χ1n) is 9.69. The molecule has 1 aliphatic heterocycles. The molecule has 1 fully saturated rings. The average Bonchev–Trinajstić information content (AvgIpc) is 2.80. The highest BCUT2D eigenvalue weighted by Gasteiger charge is 2.29. The van der Waals surface area contributed by atoms with Crippen molar-refractivity contribution in [3.8, 4) is 11.3 Å². The number of sulfonamides is 1. The minimum absolute atomic E-state index is 0.150. The van der Waals surface area contributed by atoms with Gasteiger partial charge in [0.1, 0.15) is 12.1 Å². The molecule has 1 aliphatic rings. The zero-order chi connectivity index (χ0) is 21.1. The molecule has 0 spiro atoms. The summed E-state index contributed by atoms with van der Waals surface area (Å²) in [7, 11) is -3.65. The Bertz CT molecular complexity index is 1160. The summed E-state index contributed by atoms with van der Waals surface area (Å²) >= 11 is 0. The molecular weight excluding hydrogens is 400 g/mol. The van der Waals surface area contributed by atoms with Gasteiger partial charge in [0.15, 0.2) is 5.78 Å². The number of aromatic nitrogens is 2. The molecule has 0 atom stereocenters. The lowest BCUT2D eigenvalue weighted by molar-refractivity contribution is 0.101. The fourth-order valence-corrected chi connectivity index (χ4v) is 4.94. The van der Waals surface area contributed by atoms with Gasteiger partial charge in [-0.05, 0) is 19.1 Å². The second-order valence-electron chi connectivity index (χ2n) is 7.10. The number of hydrogen-bond acceptors (Lipinski definition) is 6. The lowest BCUT2D eigenvalue weighted by Gasteiger charge is -2.34. The van der Waals surface area contributed by atoms with Crippen LogP contribution in [0, 0.1) is 0 Å². The molecule has 0 saturated carbocycles. The molecule has 0 N–H and O–H groups in total. The Kier molecular flexibility index (Phi) is 5.61. The fourth-order valence-electron chi connectivity index (χ4n) is 3.47. The monoisotopic (exact) mass is 422 g/mol. The van der Waals surface area contributed by atoms with E-state index >= 15 is 0 Å². The van der Waals surface area contributed by atoms with E-state index in [1.54, 1.807) is 12.1 Å². The van der Waals surface area contributed by atoms with Crippen LogP contribution in [0.1, 0.15) is 17.3 Å². The summed E-state index contributed by atoms with van der Waals surface area (Å²) in [4.78, 5) is 22.5. The van der Waals surface area contributed by atoms with Gasteiger partial charge in [-0.1, -0.05) is 42.5 Å². The molecule has 0 aliphatic carbocycles. The van der Waals surface area contributed by atoms with Gasteiger partial charge in [-0.15, -0.1) is 0 Å². The number of benzene rings is 2. The molecule has 154 valence electrons. The summed E-state index contributed by atoms with van der Waals surface area (Å²) in [6.07, 6.45) is 1.54. The SMILES string of the molecule is CC(=O)c1cccc(S(=O)(=O)N2CCN(c3cc(-c4ccccc4)ncn3)CC2)c1. The molecule has 0 radical (unpaired) electrons. The largest absolute Gasteiger partial charge is 0.354 e. The van der Waals surface area contributed by atoms with Crippen molar-refractivity contribution >= 4 is 21.6 Å². The number of rotatable bonds is 5. The van der Waals surface area contributed by atoms with E-state index < -0.39 is 10.0 Å². The van der Waals surface area contributed by atoms with Crippen LogP contribution < -0.4 is 4.90 Å². The molecule has 7 nitrogen and oxygen atoms in total. The van der Waals surface area contributed by atoms with Crippen molar-refractivity contribution in [2.45, 2.75) is 11.8 Å². The summed E-state index contributed by atoms with van der Waals surface area (Å²) in [5, 5.41) is 0. The summed E-state index contributed by atoms with van der Waals surface area (Å²) < 4.78 is 27.5. The van der Waals surface area contributed by atoms with Crippen molar-refractivity contribution in [1.82, 2.24) is 14.3 Å². The van der Waals surface area contributed by atoms with Crippen molar-refractivity contribution in [3.63, 3.8) is 0 Å². The van der Waals surface area contributed by atoms with Gasteiger partial charge in [0, 0.05) is 43.4 Å². The van der Waals surface area contributed by atoms with Crippen LogP contribution in [0.2, 0.25) is 0 Å². The van der Waals surface area contributed by atoms with E-state index in [0.29, 0.717) is 31.7 Å². The first kappa shape index (κ1) is 20.2. The number of anilines is 1. The Labute approximate surface area is 176 Å². The maximum atomic E-state index is 13.0. The fraction of sp³-hybridized carbons (Fsp3) is 0.227. The van der Waals surface area contributed by atoms with Crippen LogP contribution in [0.3, 0.4) is 0 Å². The van der Waals surface area contributed by atoms with Crippen LogP contribution in [0.5, 0.6) is 0 Å². The van der Waals surface area contributed by atoms with Crippen molar-refractivity contribution in [3.05, 3.63) is 72.6 Å². The third-order valence-electron chi connectivity index (χ3n) is 5.16. The quantitative estimate of drug-likeness (QED) is 0.588. The molecule has 8 heteroatoms. The molecule has 2 heterocycles. The highest BCUT2D eigenvalue weighted by atomic mass is 32.2. The van der Waals surface area contributed by atoms with Crippen molar-refractivity contribution in [1.29, 1.82) is 0 Å². The smallest absolute Gasteiger partial charge is 0.243 e. The molecule has 30 heavy (non-hydrogen) atoms. The van der Waals surface area contributed by atoms with Gasteiger partial charge >= 0.3 is 0 Å². The molecule has 1 aromatic heterocycles. The van der Waals surface area contributed by atoms with Crippen LogP contribution in [0.15, 0.2) is 71.9 Å². The Morgan fingerprint density at radius 3 is 2.33 bits per heavy atom. The topological polar surface area (TPSA) is 83.5 Å².